The number of fused-ring (bicyclic) bond motifs is 2. The first-order valence-electron chi connectivity index (χ1n) is 10.9. The molecule has 1 aliphatic rings. The van der Waals surface area contributed by atoms with Gasteiger partial charge >= 0.3 is 0 Å². The summed E-state index contributed by atoms with van der Waals surface area (Å²) in [4.78, 5) is 12.9. The second-order valence-corrected chi connectivity index (χ2v) is 7.87. The second kappa shape index (κ2) is 8.40. The molecule has 3 heterocycles. The summed E-state index contributed by atoms with van der Waals surface area (Å²) < 4.78 is 19.0. The van der Waals surface area contributed by atoms with E-state index < -0.39 is 0 Å². The van der Waals surface area contributed by atoms with Crippen LogP contribution in [0.15, 0.2) is 83.4 Å². The maximum absolute atomic E-state index is 12.9. The Labute approximate surface area is 194 Å². The zero-order valence-corrected chi connectivity index (χ0v) is 18.1. The first-order valence-corrected chi connectivity index (χ1v) is 10.9. The molecule has 0 aliphatic carbocycles. The summed E-state index contributed by atoms with van der Waals surface area (Å²) in [7, 11) is 0. The van der Waals surface area contributed by atoms with Crippen molar-refractivity contribution in [3.63, 3.8) is 0 Å². The molecule has 5 aromatic rings. The van der Waals surface area contributed by atoms with Crippen molar-refractivity contribution < 1.29 is 18.7 Å². The van der Waals surface area contributed by atoms with Crippen LogP contribution in [0, 0.1) is 0 Å². The van der Waals surface area contributed by atoms with Crippen molar-refractivity contribution in [2.45, 2.75) is 6.54 Å². The third-order valence-electron chi connectivity index (χ3n) is 5.60. The van der Waals surface area contributed by atoms with Crippen LogP contribution in [-0.2, 0) is 11.3 Å². The van der Waals surface area contributed by atoms with Gasteiger partial charge in [0.1, 0.15) is 19.8 Å². The van der Waals surface area contributed by atoms with Crippen molar-refractivity contribution in [1.82, 2.24) is 14.8 Å². The number of nitrogens with one attached hydrogen (secondary N) is 1. The van der Waals surface area contributed by atoms with Crippen LogP contribution in [0.1, 0.15) is 0 Å². The van der Waals surface area contributed by atoms with E-state index in [1.165, 1.54) is 0 Å². The number of ether oxygens (including phenoxy) is 2. The van der Waals surface area contributed by atoms with Gasteiger partial charge in [0.25, 0.3) is 0 Å². The predicted octanol–water partition coefficient (Wildman–Crippen LogP) is 4.77. The average molecular weight is 452 g/mol. The van der Waals surface area contributed by atoms with Gasteiger partial charge in [0, 0.05) is 34.4 Å². The lowest BCUT2D eigenvalue weighted by Crippen LogP contribution is -2.19. The molecule has 0 saturated carbocycles. The molecule has 1 aliphatic heterocycles. The van der Waals surface area contributed by atoms with Gasteiger partial charge < -0.3 is 23.8 Å². The molecule has 1 N–H and O–H groups in total. The monoisotopic (exact) mass is 452 g/mol. The highest BCUT2D eigenvalue weighted by atomic mass is 16.6. The number of para-hydroxylation sites is 1. The molecule has 0 fully saturated rings. The normalized spacial score (nSPS) is 12.6. The fraction of sp³-hybridized carbons (Fsp3) is 0.115. The summed E-state index contributed by atoms with van der Waals surface area (Å²) in [5.74, 6) is 1.99. The fourth-order valence-corrected chi connectivity index (χ4v) is 4.05. The van der Waals surface area contributed by atoms with E-state index in [0.29, 0.717) is 42.2 Å². The quantitative estimate of drug-likeness (QED) is 0.413. The number of benzene rings is 3. The van der Waals surface area contributed by atoms with Crippen LogP contribution in [0.2, 0.25) is 0 Å². The van der Waals surface area contributed by atoms with Crippen LogP contribution in [-0.4, -0.2) is 33.9 Å². The minimum absolute atomic E-state index is 0.120. The van der Waals surface area contributed by atoms with Crippen molar-refractivity contribution in [3.8, 4) is 34.4 Å². The maximum atomic E-state index is 12.9. The van der Waals surface area contributed by atoms with Crippen LogP contribution in [0.3, 0.4) is 0 Å². The van der Waals surface area contributed by atoms with Gasteiger partial charge in [0.2, 0.25) is 17.7 Å². The van der Waals surface area contributed by atoms with E-state index in [4.69, 9.17) is 13.9 Å². The molecule has 0 spiro atoms. The second-order valence-electron chi connectivity index (χ2n) is 7.87. The number of aromatic nitrogens is 3. The maximum Gasteiger partial charge on any atom is 0.250 e. The standard InChI is InChI=1S/C26H20N4O4/c31-24(27-18-10-11-22-23(14-18)33-13-12-32-22)16-30-15-20(19-8-4-5-9-21(19)30)26-29-28-25(34-26)17-6-2-1-3-7-17/h1-11,14-15H,12-13,16H2,(H,27,31). The van der Waals surface area contributed by atoms with Crippen LogP contribution >= 0.6 is 0 Å². The Morgan fingerprint density at radius 2 is 1.65 bits per heavy atom. The SMILES string of the molecule is O=C(Cn1cc(-c2nnc(-c3ccccc3)o2)c2ccccc21)Nc1ccc2c(c1)OCCO2. The van der Waals surface area contributed by atoms with Crippen molar-refractivity contribution in [1.29, 1.82) is 0 Å². The van der Waals surface area contributed by atoms with Gasteiger partial charge in [0.05, 0.1) is 5.56 Å². The topological polar surface area (TPSA) is 91.4 Å². The minimum atomic E-state index is -0.167. The van der Waals surface area contributed by atoms with Crippen LogP contribution in [0.5, 0.6) is 11.5 Å². The van der Waals surface area contributed by atoms with Crippen molar-refractivity contribution >= 4 is 22.5 Å². The van der Waals surface area contributed by atoms with E-state index in [1.54, 1.807) is 18.2 Å². The number of amides is 1. The van der Waals surface area contributed by atoms with E-state index in [0.717, 1.165) is 22.0 Å². The van der Waals surface area contributed by atoms with Crippen molar-refractivity contribution in [3.05, 3.63) is 79.0 Å². The van der Waals surface area contributed by atoms with Crippen LogP contribution < -0.4 is 14.8 Å². The molecule has 8 heteroatoms. The lowest BCUT2D eigenvalue weighted by atomic mass is 10.2. The third-order valence-corrected chi connectivity index (χ3v) is 5.60. The molecule has 0 saturated heterocycles. The van der Waals surface area contributed by atoms with Crippen LogP contribution in [0.25, 0.3) is 33.8 Å². The van der Waals surface area contributed by atoms with Gasteiger partial charge in [-0.15, -0.1) is 10.2 Å². The largest absolute Gasteiger partial charge is 0.486 e. The number of anilines is 1. The summed E-state index contributed by atoms with van der Waals surface area (Å²) in [6, 6.07) is 22.8. The molecule has 2 aromatic heterocycles. The Kier molecular flexibility index (Phi) is 4.95. The third kappa shape index (κ3) is 3.75. The fourth-order valence-electron chi connectivity index (χ4n) is 4.05. The highest BCUT2D eigenvalue weighted by Crippen LogP contribution is 2.33. The van der Waals surface area contributed by atoms with E-state index >= 15 is 0 Å². The number of carbonyl (C=O) groups excluding carboxylic acids is 1. The van der Waals surface area contributed by atoms with Gasteiger partial charge in [-0.1, -0.05) is 36.4 Å². The lowest BCUT2D eigenvalue weighted by Gasteiger charge is -2.19. The summed E-state index contributed by atoms with van der Waals surface area (Å²) in [6.45, 7) is 1.13. The van der Waals surface area contributed by atoms with Crippen molar-refractivity contribution in [2.75, 3.05) is 18.5 Å². The number of carbonyl (C=O) groups is 1. The van der Waals surface area contributed by atoms with Crippen molar-refractivity contribution in [2.24, 2.45) is 0 Å². The average Bonchev–Trinajstić information content (AvgIpc) is 3.50. The molecule has 1 amide bonds. The van der Waals surface area contributed by atoms with E-state index in [9.17, 15) is 4.79 Å². The van der Waals surface area contributed by atoms with Gasteiger partial charge in [-0.25, -0.2) is 0 Å². The summed E-state index contributed by atoms with van der Waals surface area (Å²) >= 11 is 0. The van der Waals surface area contributed by atoms with Gasteiger partial charge in [-0.05, 0) is 30.3 Å². The highest BCUT2D eigenvalue weighted by molar-refractivity contribution is 5.96. The zero-order valence-electron chi connectivity index (χ0n) is 18.1. The number of hydrogen-bond donors (Lipinski definition) is 1. The van der Waals surface area contributed by atoms with Gasteiger partial charge in [-0.2, -0.15) is 0 Å². The zero-order chi connectivity index (χ0) is 22.9. The Bertz CT molecular complexity index is 1490. The molecule has 0 bridgehead atoms. The van der Waals surface area contributed by atoms with E-state index in [1.807, 2.05) is 65.4 Å². The summed E-state index contributed by atoms with van der Waals surface area (Å²) in [5, 5.41) is 12.3. The van der Waals surface area contributed by atoms with Gasteiger partial charge in [-0.3, -0.25) is 4.79 Å². The Morgan fingerprint density at radius 1 is 0.882 bits per heavy atom. The minimum Gasteiger partial charge on any atom is -0.486 e. The number of rotatable bonds is 5. The molecule has 0 radical (unpaired) electrons. The lowest BCUT2D eigenvalue weighted by molar-refractivity contribution is -0.116. The molecule has 34 heavy (non-hydrogen) atoms. The molecule has 8 nitrogen and oxygen atoms in total. The molecule has 6 rings (SSSR count). The van der Waals surface area contributed by atoms with Crippen LogP contribution in [0.4, 0.5) is 5.69 Å². The first-order chi connectivity index (χ1) is 16.7. The van der Waals surface area contributed by atoms with E-state index in [-0.39, 0.29) is 12.5 Å². The molecule has 168 valence electrons. The molecular formula is C26H20N4O4. The summed E-state index contributed by atoms with van der Waals surface area (Å²) in [6.07, 6.45) is 1.87. The molecular weight excluding hydrogens is 432 g/mol. The highest BCUT2D eigenvalue weighted by Gasteiger charge is 2.18. The Hall–Kier alpha value is -4.59. The molecule has 3 aromatic carbocycles. The first kappa shape index (κ1) is 20.0. The van der Waals surface area contributed by atoms with E-state index in [2.05, 4.69) is 15.5 Å². The Balaban J connectivity index is 1.27. The van der Waals surface area contributed by atoms with Gasteiger partial charge in [0.15, 0.2) is 11.5 Å². The molecule has 0 unspecified atom stereocenters. The summed E-state index contributed by atoms with van der Waals surface area (Å²) in [5.41, 5.74) is 3.17. The number of nitrogens with zero attached hydrogens (tertiary/aromatic N) is 3. The Morgan fingerprint density at radius 3 is 2.53 bits per heavy atom. The molecule has 0 atom stereocenters. The number of hydrogen-bond acceptors (Lipinski definition) is 6. The predicted molar refractivity (Wildman–Crippen MR) is 127 cm³/mol. The smallest absolute Gasteiger partial charge is 0.250 e.